The van der Waals surface area contributed by atoms with Crippen molar-refractivity contribution in [3.63, 3.8) is 0 Å². The molecule has 0 bridgehead atoms. The van der Waals surface area contributed by atoms with Gasteiger partial charge in [0.15, 0.2) is 26.7 Å². The molecule has 18 heavy (non-hydrogen) atoms. The minimum Gasteiger partial charge on any atom is -0.480 e. The number of rotatable bonds is 5. The third-order valence-electron chi connectivity index (χ3n) is 2.42. The van der Waals surface area contributed by atoms with E-state index in [1.807, 2.05) is 0 Å². The quantitative estimate of drug-likeness (QED) is 0.836. The molecule has 1 unspecified atom stereocenters. The standard InChI is InChI=1S/C11H12F2O4S/c1-2-3-10(11(14)15)18(16,17)7-4-5-8(12)9(13)6-7/h4-6,10H,2-3H2,1H3,(H,14,15). The second kappa shape index (κ2) is 5.43. The van der Waals surface area contributed by atoms with Crippen LogP contribution in [-0.4, -0.2) is 24.7 Å². The van der Waals surface area contributed by atoms with Crippen molar-refractivity contribution < 1.29 is 27.1 Å². The Hall–Kier alpha value is -1.50. The van der Waals surface area contributed by atoms with Gasteiger partial charge in [0.1, 0.15) is 0 Å². The van der Waals surface area contributed by atoms with Crippen molar-refractivity contribution in [1.82, 2.24) is 0 Å². The Kier molecular flexibility index (Phi) is 4.39. The van der Waals surface area contributed by atoms with E-state index >= 15 is 0 Å². The first-order valence-corrected chi connectivity index (χ1v) is 6.77. The number of benzene rings is 1. The fraction of sp³-hybridized carbons (Fsp3) is 0.364. The lowest BCUT2D eigenvalue weighted by molar-refractivity contribution is -0.136. The van der Waals surface area contributed by atoms with Crippen molar-refractivity contribution in [2.45, 2.75) is 29.9 Å². The average Bonchev–Trinajstić information content (AvgIpc) is 2.28. The van der Waals surface area contributed by atoms with Gasteiger partial charge in [-0.05, 0) is 24.6 Å². The Morgan fingerprint density at radius 2 is 1.94 bits per heavy atom. The highest BCUT2D eigenvalue weighted by molar-refractivity contribution is 7.92. The van der Waals surface area contributed by atoms with Gasteiger partial charge >= 0.3 is 5.97 Å². The minimum absolute atomic E-state index is 0.0866. The zero-order chi connectivity index (χ0) is 13.9. The number of hydrogen-bond donors (Lipinski definition) is 1. The molecule has 1 atom stereocenters. The van der Waals surface area contributed by atoms with E-state index in [1.165, 1.54) is 0 Å². The lowest BCUT2D eigenvalue weighted by Crippen LogP contribution is -2.30. The van der Waals surface area contributed by atoms with Gasteiger partial charge in [0.2, 0.25) is 0 Å². The van der Waals surface area contributed by atoms with Crippen LogP contribution in [0.5, 0.6) is 0 Å². The summed E-state index contributed by atoms with van der Waals surface area (Å²) in [7, 11) is -4.21. The van der Waals surface area contributed by atoms with E-state index in [9.17, 15) is 22.0 Å². The Morgan fingerprint density at radius 3 is 2.39 bits per heavy atom. The van der Waals surface area contributed by atoms with E-state index in [4.69, 9.17) is 5.11 Å². The molecule has 0 aromatic heterocycles. The van der Waals surface area contributed by atoms with Crippen molar-refractivity contribution in [2.24, 2.45) is 0 Å². The summed E-state index contributed by atoms with van der Waals surface area (Å²) in [6.07, 6.45) is 0.260. The number of carboxylic acids is 1. The zero-order valence-electron chi connectivity index (χ0n) is 9.56. The maximum atomic E-state index is 13.0. The molecule has 0 radical (unpaired) electrons. The molecular weight excluding hydrogens is 266 g/mol. The molecule has 0 spiro atoms. The summed E-state index contributed by atoms with van der Waals surface area (Å²) in [5.74, 6) is -4.00. The molecule has 4 nitrogen and oxygen atoms in total. The molecule has 0 aliphatic rings. The molecule has 100 valence electrons. The Balaban J connectivity index is 3.26. The van der Waals surface area contributed by atoms with E-state index in [0.717, 1.165) is 6.07 Å². The monoisotopic (exact) mass is 278 g/mol. The van der Waals surface area contributed by atoms with E-state index in [2.05, 4.69) is 0 Å². The van der Waals surface area contributed by atoms with Crippen molar-refractivity contribution >= 4 is 15.8 Å². The van der Waals surface area contributed by atoms with Gasteiger partial charge in [0.25, 0.3) is 0 Å². The Bertz CT molecular complexity index is 554. The third-order valence-corrected chi connectivity index (χ3v) is 4.52. The highest BCUT2D eigenvalue weighted by Gasteiger charge is 2.33. The van der Waals surface area contributed by atoms with Gasteiger partial charge in [-0.25, -0.2) is 17.2 Å². The lowest BCUT2D eigenvalue weighted by Gasteiger charge is -2.12. The average molecular weight is 278 g/mol. The van der Waals surface area contributed by atoms with Crippen LogP contribution in [0.2, 0.25) is 0 Å². The number of carboxylic acid groups (broad SMARTS) is 1. The Labute approximate surface area is 103 Å². The number of sulfone groups is 1. The van der Waals surface area contributed by atoms with Gasteiger partial charge < -0.3 is 5.11 Å². The SMILES string of the molecule is CCCC(C(=O)O)S(=O)(=O)c1ccc(F)c(F)c1. The van der Waals surface area contributed by atoms with E-state index in [-0.39, 0.29) is 6.42 Å². The van der Waals surface area contributed by atoms with Crippen molar-refractivity contribution in [3.8, 4) is 0 Å². The first-order chi connectivity index (χ1) is 8.30. The largest absolute Gasteiger partial charge is 0.480 e. The number of halogens is 2. The summed E-state index contributed by atoms with van der Waals surface area (Å²) in [6, 6.07) is 2.02. The lowest BCUT2D eigenvalue weighted by atomic mass is 10.2. The molecule has 0 heterocycles. The van der Waals surface area contributed by atoms with E-state index in [0.29, 0.717) is 18.6 Å². The number of aliphatic carboxylic acids is 1. The second-order valence-corrected chi connectivity index (χ2v) is 5.87. The minimum atomic E-state index is -4.21. The molecule has 0 fully saturated rings. The summed E-state index contributed by atoms with van der Waals surface area (Å²) < 4.78 is 49.6. The van der Waals surface area contributed by atoms with Gasteiger partial charge in [-0.1, -0.05) is 13.3 Å². The normalized spacial score (nSPS) is 13.3. The van der Waals surface area contributed by atoms with Crippen LogP contribution in [0.3, 0.4) is 0 Å². The first kappa shape index (κ1) is 14.6. The van der Waals surface area contributed by atoms with Gasteiger partial charge in [0.05, 0.1) is 4.90 Å². The Morgan fingerprint density at radius 1 is 1.33 bits per heavy atom. The summed E-state index contributed by atoms with van der Waals surface area (Å²) in [4.78, 5) is 10.4. The first-order valence-electron chi connectivity index (χ1n) is 5.22. The summed E-state index contributed by atoms with van der Waals surface area (Å²) in [5.41, 5.74) is 0. The molecule has 1 aromatic carbocycles. The van der Waals surface area contributed by atoms with Gasteiger partial charge in [-0.2, -0.15) is 0 Å². The number of hydrogen-bond acceptors (Lipinski definition) is 3. The fourth-order valence-electron chi connectivity index (χ4n) is 1.49. The molecule has 7 heteroatoms. The van der Waals surface area contributed by atoms with Crippen LogP contribution in [0, 0.1) is 11.6 Å². The molecule has 0 aliphatic carbocycles. The summed E-state index contributed by atoms with van der Waals surface area (Å²) in [5, 5.41) is 7.23. The van der Waals surface area contributed by atoms with Gasteiger partial charge in [0, 0.05) is 0 Å². The summed E-state index contributed by atoms with van der Waals surface area (Å²) in [6.45, 7) is 1.64. The molecule has 0 saturated carbocycles. The summed E-state index contributed by atoms with van der Waals surface area (Å²) >= 11 is 0. The molecule has 0 amide bonds. The van der Waals surface area contributed by atoms with E-state index in [1.54, 1.807) is 6.92 Å². The maximum Gasteiger partial charge on any atom is 0.322 e. The van der Waals surface area contributed by atoms with Crippen molar-refractivity contribution in [2.75, 3.05) is 0 Å². The number of carbonyl (C=O) groups is 1. The third kappa shape index (κ3) is 2.84. The van der Waals surface area contributed by atoms with Gasteiger partial charge in [-0.15, -0.1) is 0 Å². The van der Waals surface area contributed by atoms with E-state index < -0.39 is 37.6 Å². The molecule has 1 N–H and O–H groups in total. The highest BCUT2D eigenvalue weighted by Crippen LogP contribution is 2.21. The van der Waals surface area contributed by atoms with Crippen molar-refractivity contribution in [1.29, 1.82) is 0 Å². The van der Waals surface area contributed by atoms with Crippen LogP contribution >= 0.6 is 0 Å². The predicted octanol–water partition coefficient (Wildman–Crippen LogP) is 1.99. The van der Waals surface area contributed by atoms with Crippen LogP contribution in [0.4, 0.5) is 8.78 Å². The van der Waals surface area contributed by atoms with Gasteiger partial charge in [-0.3, -0.25) is 4.79 Å². The van der Waals surface area contributed by atoms with Crippen LogP contribution in [0.25, 0.3) is 0 Å². The topological polar surface area (TPSA) is 71.4 Å². The van der Waals surface area contributed by atoms with Crippen LogP contribution < -0.4 is 0 Å². The highest BCUT2D eigenvalue weighted by atomic mass is 32.2. The smallest absolute Gasteiger partial charge is 0.322 e. The van der Waals surface area contributed by atoms with Crippen LogP contribution in [0.15, 0.2) is 23.1 Å². The van der Waals surface area contributed by atoms with Crippen LogP contribution in [-0.2, 0) is 14.6 Å². The molecule has 0 aliphatic heterocycles. The zero-order valence-corrected chi connectivity index (χ0v) is 10.4. The molecule has 1 aromatic rings. The van der Waals surface area contributed by atoms with Crippen LogP contribution in [0.1, 0.15) is 19.8 Å². The molecule has 1 rings (SSSR count). The molecular formula is C11H12F2O4S. The fourth-order valence-corrected chi connectivity index (χ4v) is 3.16. The molecule has 0 saturated heterocycles. The predicted molar refractivity (Wildman–Crippen MR) is 59.9 cm³/mol. The van der Waals surface area contributed by atoms with Crippen molar-refractivity contribution in [3.05, 3.63) is 29.8 Å². The maximum absolute atomic E-state index is 13.0. The second-order valence-electron chi connectivity index (χ2n) is 3.74.